The molecule has 5 nitrogen and oxygen atoms in total. The van der Waals surface area contributed by atoms with Crippen molar-refractivity contribution in [3.8, 4) is 17.2 Å². The van der Waals surface area contributed by atoms with Crippen LogP contribution in [0.3, 0.4) is 0 Å². The number of benzene rings is 2. The van der Waals surface area contributed by atoms with Crippen LogP contribution >= 0.6 is 0 Å². The van der Waals surface area contributed by atoms with E-state index in [0.29, 0.717) is 17.2 Å². The number of hydrogen-bond acceptors (Lipinski definition) is 4. The van der Waals surface area contributed by atoms with Crippen molar-refractivity contribution in [1.82, 2.24) is 0 Å². The normalized spacial score (nSPS) is 10.0. The maximum atomic E-state index is 12.9. The molecule has 2 aromatic carbocycles. The lowest BCUT2D eigenvalue weighted by Gasteiger charge is -2.10. The highest BCUT2D eigenvalue weighted by molar-refractivity contribution is 6.06. The van der Waals surface area contributed by atoms with Crippen molar-refractivity contribution in [1.29, 1.82) is 0 Å². The molecule has 0 aliphatic heterocycles. The minimum Gasteiger partial charge on any atom is -0.507 e. The molecule has 0 unspecified atom stereocenters. The Bertz CT molecular complexity index is 650. The van der Waals surface area contributed by atoms with E-state index < -0.39 is 17.5 Å². The first-order chi connectivity index (χ1) is 10.0. The molecule has 0 heterocycles. The number of phenolic OH excluding ortho intramolecular Hbond substituents is 1. The lowest BCUT2D eigenvalue weighted by Crippen LogP contribution is -2.12. The van der Waals surface area contributed by atoms with E-state index in [1.54, 1.807) is 18.2 Å². The van der Waals surface area contributed by atoms with Gasteiger partial charge >= 0.3 is 0 Å². The summed E-state index contributed by atoms with van der Waals surface area (Å²) in [7, 11) is 2.98. The molecule has 0 radical (unpaired) electrons. The van der Waals surface area contributed by atoms with E-state index in [9.17, 15) is 14.3 Å². The lowest BCUT2D eigenvalue weighted by molar-refractivity contribution is 0.102. The molecule has 21 heavy (non-hydrogen) atoms. The van der Waals surface area contributed by atoms with E-state index in [-0.39, 0.29) is 5.56 Å². The molecule has 0 aromatic heterocycles. The van der Waals surface area contributed by atoms with E-state index in [1.807, 2.05) is 0 Å². The van der Waals surface area contributed by atoms with Crippen LogP contribution in [0.1, 0.15) is 10.4 Å². The molecule has 0 atom stereocenters. The largest absolute Gasteiger partial charge is 0.507 e. The number of methoxy groups -OCH3 is 2. The number of ether oxygens (including phenoxy) is 2. The van der Waals surface area contributed by atoms with Gasteiger partial charge in [-0.3, -0.25) is 4.79 Å². The zero-order valence-electron chi connectivity index (χ0n) is 11.5. The Morgan fingerprint density at radius 3 is 2.24 bits per heavy atom. The standard InChI is InChI=1S/C15H14FNO4/c1-20-11-6-10(7-12(8-11)21-2)17-15(19)13-4-3-9(16)5-14(13)18/h3-8,18H,1-2H3,(H,17,19). The van der Waals surface area contributed by atoms with Crippen LogP contribution in [0.25, 0.3) is 0 Å². The average Bonchev–Trinajstić information content (AvgIpc) is 2.46. The number of halogens is 1. The minimum absolute atomic E-state index is 0.0295. The van der Waals surface area contributed by atoms with E-state index in [1.165, 1.54) is 20.3 Å². The Hall–Kier alpha value is -2.76. The predicted octanol–water partition coefficient (Wildman–Crippen LogP) is 2.80. The molecule has 1 amide bonds. The van der Waals surface area contributed by atoms with Gasteiger partial charge < -0.3 is 19.9 Å². The summed E-state index contributed by atoms with van der Waals surface area (Å²) in [6, 6.07) is 8.03. The van der Waals surface area contributed by atoms with Gasteiger partial charge in [0.2, 0.25) is 0 Å². The van der Waals surface area contributed by atoms with E-state index in [0.717, 1.165) is 12.1 Å². The Labute approximate surface area is 120 Å². The molecular weight excluding hydrogens is 277 g/mol. The number of aromatic hydroxyl groups is 1. The van der Waals surface area contributed by atoms with Crippen molar-refractivity contribution in [3.63, 3.8) is 0 Å². The van der Waals surface area contributed by atoms with Crippen molar-refractivity contribution in [3.05, 3.63) is 47.8 Å². The first-order valence-electron chi connectivity index (χ1n) is 6.06. The maximum absolute atomic E-state index is 12.9. The van der Waals surface area contributed by atoms with Crippen molar-refractivity contribution >= 4 is 11.6 Å². The zero-order chi connectivity index (χ0) is 15.4. The van der Waals surface area contributed by atoms with Crippen LogP contribution < -0.4 is 14.8 Å². The van der Waals surface area contributed by atoms with Gasteiger partial charge in [0.15, 0.2) is 0 Å². The smallest absolute Gasteiger partial charge is 0.259 e. The number of hydrogen-bond donors (Lipinski definition) is 2. The molecule has 0 saturated carbocycles. The first-order valence-corrected chi connectivity index (χ1v) is 6.06. The molecule has 0 aliphatic carbocycles. The van der Waals surface area contributed by atoms with Gasteiger partial charge in [0, 0.05) is 30.0 Å². The topological polar surface area (TPSA) is 67.8 Å². The molecule has 0 aliphatic rings. The van der Waals surface area contributed by atoms with Crippen LogP contribution in [0.4, 0.5) is 10.1 Å². The summed E-state index contributed by atoms with van der Waals surface area (Å²) in [6.45, 7) is 0. The summed E-state index contributed by atoms with van der Waals surface area (Å²) in [6.07, 6.45) is 0. The SMILES string of the molecule is COc1cc(NC(=O)c2ccc(F)cc2O)cc(OC)c1. The molecule has 0 saturated heterocycles. The number of carbonyl (C=O) groups is 1. The first kappa shape index (κ1) is 14.6. The second-order valence-corrected chi connectivity index (χ2v) is 4.22. The van der Waals surface area contributed by atoms with Gasteiger partial charge in [0.05, 0.1) is 19.8 Å². The van der Waals surface area contributed by atoms with Crippen molar-refractivity contribution in [2.75, 3.05) is 19.5 Å². The number of rotatable bonds is 4. The molecule has 0 fully saturated rings. The second kappa shape index (κ2) is 6.13. The summed E-state index contributed by atoms with van der Waals surface area (Å²) in [5.74, 6) is -0.599. The number of carbonyl (C=O) groups excluding carboxylic acids is 1. The predicted molar refractivity (Wildman–Crippen MR) is 75.6 cm³/mol. The summed E-state index contributed by atoms with van der Waals surface area (Å²) >= 11 is 0. The van der Waals surface area contributed by atoms with Crippen LogP contribution in [-0.2, 0) is 0 Å². The van der Waals surface area contributed by atoms with Gasteiger partial charge in [-0.15, -0.1) is 0 Å². The fraction of sp³-hybridized carbons (Fsp3) is 0.133. The third kappa shape index (κ3) is 3.42. The number of amides is 1. The fourth-order valence-corrected chi connectivity index (χ4v) is 1.77. The van der Waals surface area contributed by atoms with E-state index in [2.05, 4.69) is 5.32 Å². The molecule has 6 heteroatoms. The maximum Gasteiger partial charge on any atom is 0.259 e. The summed E-state index contributed by atoms with van der Waals surface area (Å²) in [5.41, 5.74) is 0.401. The van der Waals surface area contributed by atoms with Crippen LogP contribution in [0.5, 0.6) is 17.2 Å². The van der Waals surface area contributed by atoms with Gasteiger partial charge in [-0.2, -0.15) is 0 Å². The van der Waals surface area contributed by atoms with Crippen LogP contribution in [-0.4, -0.2) is 25.2 Å². The molecule has 2 N–H and O–H groups in total. The van der Waals surface area contributed by atoms with Gasteiger partial charge in [0.1, 0.15) is 23.1 Å². The monoisotopic (exact) mass is 291 g/mol. The highest BCUT2D eigenvalue weighted by Crippen LogP contribution is 2.27. The van der Waals surface area contributed by atoms with Crippen LogP contribution in [0.2, 0.25) is 0 Å². The molecule has 2 aromatic rings. The van der Waals surface area contributed by atoms with E-state index in [4.69, 9.17) is 9.47 Å². The summed E-state index contributed by atoms with van der Waals surface area (Å²) in [5, 5.41) is 12.2. The molecule has 0 bridgehead atoms. The fourth-order valence-electron chi connectivity index (χ4n) is 1.77. The third-order valence-corrected chi connectivity index (χ3v) is 2.81. The Balaban J connectivity index is 2.26. The van der Waals surface area contributed by atoms with Crippen LogP contribution in [0, 0.1) is 5.82 Å². The summed E-state index contributed by atoms with van der Waals surface area (Å²) in [4.78, 5) is 12.1. The molecular formula is C15H14FNO4. The summed E-state index contributed by atoms with van der Waals surface area (Å²) < 4.78 is 23.1. The van der Waals surface area contributed by atoms with Crippen molar-refractivity contribution in [2.45, 2.75) is 0 Å². The van der Waals surface area contributed by atoms with Gasteiger partial charge in [-0.05, 0) is 12.1 Å². The Morgan fingerprint density at radius 2 is 1.71 bits per heavy atom. The van der Waals surface area contributed by atoms with Gasteiger partial charge in [0.25, 0.3) is 5.91 Å². The van der Waals surface area contributed by atoms with Crippen molar-refractivity contribution < 1.29 is 23.8 Å². The van der Waals surface area contributed by atoms with Gasteiger partial charge in [-0.1, -0.05) is 0 Å². The third-order valence-electron chi connectivity index (χ3n) is 2.81. The highest BCUT2D eigenvalue weighted by Gasteiger charge is 2.13. The van der Waals surface area contributed by atoms with Crippen LogP contribution in [0.15, 0.2) is 36.4 Å². The van der Waals surface area contributed by atoms with Crippen molar-refractivity contribution in [2.24, 2.45) is 0 Å². The number of nitrogens with one attached hydrogen (secondary N) is 1. The molecule has 2 rings (SSSR count). The van der Waals surface area contributed by atoms with E-state index >= 15 is 0 Å². The molecule has 0 spiro atoms. The lowest BCUT2D eigenvalue weighted by atomic mass is 10.1. The number of phenols is 1. The molecule has 110 valence electrons. The second-order valence-electron chi connectivity index (χ2n) is 4.22. The minimum atomic E-state index is -0.618. The Kier molecular flexibility index (Phi) is 4.27. The zero-order valence-corrected chi connectivity index (χ0v) is 11.5. The Morgan fingerprint density at radius 1 is 1.10 bits per heavy atom. The number of anilines is 1. The average molecular weight is 291 g/mol. The quantitative estimate of drug-likeness (QED) is 0.909. The van der Waals surface area contributed by atoms with Gasteiger partial charge in [-0.25, -0.2) is 4.39 Å². The highest BCUT2D eigenvalue weighted by atomic mass is 19.1.